The van der Waals surface area contributed by atoms with Crippen molar-refractivity contribution in [2.45, 2.75) is 20.4 Å². The molecule has 2 rings (SSSR count). The van der Waals surface area contributed by atoms with Gasteiger partial charge in [0.05, 0.1) is 6.54 Å². The normalized spacial score (nSPS) is 18.0. The molecule has 26 heavy (non-hydrogen) atoms. The van der Waals surface area contributed by atoms with Crippen molar-refractivity contribution in [2.75, 3.05) is 52.9 Å². The average molecular weight is 367 g/mol. The maximum absolute atomic E-state index is 13.7. The number of guanidine groups is 1. The van der Waals surface area contributed by atoms with Crippen molar-refractivity contribution >= 4 is 5.96 Å². The van der Waals surface area contributed by atoms with Crippen LogP contribution >= 0.6 is 0 Å². The van der Waals surface area contributed by atoms with Gasteiger partial charge in [-0.3, -0.25) is 0 Å². The molecule has 5 nitrogen and oxygen atoms in total. The van der Waals surface area contributed by atoms with Crippen molar-refractivity contribution in [3.63, 3.8) is 0 Å². The summed E-state index contributed by atoms with van der Waals surface area (Å²) in [4.78, 5) is 9.21. The van der Waals surface area contributed by atoms with Crippen LogP contribution in [0.3, 0.4) is 0 Å². The summed E-state index contributed by atoms with van der Waals surface area (Å²) in [5.41, 5.74) is 0.257. The van der Waals surface area contributed by atoms with Gasteiger partial charge in [0.2, 0.25) is 0 Å². The Morgan fingerprint density at radius 2 is 1.92 bits per heavy atom. The molecule has 2 N–H and O–H groups in total. The highest BCUT2D eigenvalue weighted by atomic mass is 19.1. The SMILES string of the molecule is CCNC(=NCc1cc(F)ccc1F)NCC(C)CN1CCN(C)CC1. The van der Waals surface area contributed by atoms with E-state index in [2.05, 4.69) is 39.4 Å². The number of halogens is 2. The lowest BCUT2D eigenvalue weighted by molar-refractivity contribution is 0.139. The van der Waals surface area contributed by atoms with Crippen molar-refractivity contribution in [1.29, 1.82) is 0 Å². The van der Waals surface area contributed by atoms with Gasteiger partial charge in [-0.05, 0) is 38.1 Å². The second kappa shape index (κ2) is 10.4. The number of nitrogens with one attached hydrogen (secondary N) is 2. The lowest BCUT2D eigenvalue weighted by Crippen LogP contribution is -2.47. The van der Waals surface area contributed by atoms with Crippen molar-refractivity contribution in [3.8, 4) is 0 Å². The van der Waals surface area contributed by atoms with Crippen LogP contribution in [0.5, 0.6) is 0 Å². The van der Waals surface area contributed by atoms with Crippen LogP contribution < -0.4 is 10.6 Å². The van der Waals surface area contributed by atoms with Crippen LogP contribution in [0, 0.1) is 17.6 Å². The molecular formula is C19H31F2N5. The summed E-state index contributed by atoms with van der Waals surface area (Å²) in [6.07, 6.45) is 0. The molecule has 0 saturated carbocycles. The number of benzene rings is 1. The Hall–Kier alpha value is -1.73. The molecule has 1 saturated heterocycles. The topological polar surface area (TPSA) is 42.9 Å². The van der Waals surface area contributed by atoms with Crippen molar-refractivity contribution in [3.05, 3.63) is 35.4 Å². The number of nitrogens with zero attached hydrogens (tertiary/aromatic N) is 3. The highest BCUT2D eigenvalue weighted by Gasteiger charge is 2.16. The minimum absolute atomic E-state index is 0.103. The van der Waals surface area contributed by atoms with E-state index >= 15 is 0 Å². The molecule has 1 aromatic carbocycles. The molecule has 146 valence electrons. The Bertz CT molecular complexity index is 585. The van der Waals surface area contributed by atoms with Gasteiger partial charge in [-0.25, -0.2) is 13.8 Å². The second-order valence-corrected chi connectivity index (χ2v) is 7.02. The zero-order valence-corrected chi connectivity index (χ0v) is 16.1. The van der Waals surface area contributed by atoms with Gasteiger partial charge < -0.3 is 20.4 Å². The van der Waals surface area contributed by atoms with E-state index in [0.29, 0.717) is 18.4 Å². The Labute approximate surface area is 155 Å². The third kappa shape index (κ3) is 6.88. The Balaban J connectivity index is 1.83. The van der Waals surface area contributed by atoms with E-state index in [-0.39, 0.29) is 12.1 Å². The van der Waals surface area contributed by atoms with E-state index < -0.39 is 11.6 Å². The van der Waals surface area contributed by atoms with Crippen LogP contribution in [0.25, 0.3) is 0 Å². The molecule has 0 aliphatic carbocycles. The number of hydrogen-bond acceptors (Lipinski definition) is 3. The molecule has 1 fully saturated rings. The van der Waals surface area contributed by atoms with Crippen molar-refractivity contribution < 1.29 is 8.78 Å². The van der Waals surface area contributed by atoms with Gasteiger partial charge in [0.25, 0.3) is 0 Å². The fraction of sp³-hybridized carbons (Fsp3) is 0.632. The van der Waals surface area contributed by atoms with E-state index in [1.807, 2.05) is 6.92 Å². The molecule has 1 aliphatic heterocycles. The summed E-state index contributed by atoms with van der Waals surface area (Å²) in [5.74, 6) is 0.208. The van der Waals surface area contributed by atoms with E-state index in [0.717, 1.165) is 51.4 Å². The molecule has 7 heteroatoms. The van der Waals surface area contributed by atoms with Gasteiger partial charge in [-0.2, -0.15) is 0 Å². The van der Waals surface area contributed by atoms with Crippen LogP contribution in [0.1, 0.15) is 19.4 Å². The van der Waals surface area contributed by atoms with Crippen LogP contribution in [-0.4, -0.2) is 68.6 Å². The van der Waals surface area contributed by atoms with Gasteiger partial charge in [-0.15, -0.1) is 0 Å². The Kier molecular flexibility index (Phi) is 8.25. The summed E-state index contributed by atoms with van der Waals surface area (Å²) in [6, 6.07) is 3.45. The van der Waals surface area contributed by atoms with Gasteiger partial charge in [0.1, 0.15) is 11.6 Å². The minimum atomic E-state index is -0.449. The van der Waals surface area contributed by atoms with Crippen LogP contribution in [-0.2, 0) is 6.54 Å². The van der Waals surface area contributed by atoms with Gasteiger partial charge in [-0.1, -0.05) is 6.92 Å². The highest BCUT2D eigenvalue weighted by Crippen LogP contribution is 2.10. The van der Waals surface area contributed by atoms with E-state index in [1.54, 1.807) is 0 Å². The van der Waals surface area contributed by atoms with Gasteiger partial charge in [0.15, 0.2) is 5.96 Å². The predicted molar refractivity (Wildman–Crippen MR) is 102 cm³/mol. The first-order valence-corrected chi connectivity index (χ1v) is 9.35. The number of hydrogen-bond donors (Lipinski definition) is 2. The van der Waals surface area contributed by atoms with Gasteiger partial charge >= 0.3 is 0 Å². The second-order valence-electron chi connectivity index (χ2n) is 7.02. The molecule has 1 aliphatic rings. The van der Waals surface area contributed by atoms with Crippen molar-refractivity contribution in [2.24, 2.45) is 10.9 Å². The number of likely N-dealkylation sites (N-methyl/N-ethyl adjacent to an activating group) is 1. The number of aliphatic imine (C=N–C) groups is 1. The van der Waals surface area contributed by atoms with Crippen LogP contribution in [0.4, 0.5) is 8.78 Å². The fourth-order valence-corrected chi connectivity index (χ4v) is 2.98. The van der Waals surface area contributed by atoms with Crippen LogP contribution in [0.15, 0.2) is 23.2 Å². The third-order valence-corrected chi connectivity index (χ3v) is 4.54. The summed E-state index contributed by atoms with van der Waals surface area (Å²) in [7, 11) is 2.16. The average Bonchev–Trinajstić information content (AvgIpc) is 2.62. The first-order chi connectivity index (χ1) is 12.5. The predicted octanol–water partition coefficient (Wildman–Crippen LogP) is 1.90. The maximum atomic E-state index is 13.7. The van der Waals surface area contributed by atoms with Crippen molar-refractivity contribution in [1.82, 2.24) is 20.4 Å². The molecule has 1 aromatic rings. The smallest absolute Gasteiger partial charge is 0.191 e. The summed E-state index contributed by atoms with van der Waals surface area (Å²) in [5, 5.41) is 6.46. The van der Waals surface area contributed by atoms with E-state index in [1.165, 1.54) is 6.07 Å². The van der Waals surface area contributed by atoms with E-state index in [9.17, 15) is 8.78 Å². The molecule has 1 atom stereocenters. The molecular weight excluding hydrogens is 336 g/mol. The molecule has 1 unspecified atom stereocenters. The molecule has 0 bridgehead atoms. The zero-order valence-electron chi connectivity index (χ0n) is 16.1. The standard InChI is InChI=1S/C19H31F2N5/c1-4-22-19(24-13-16-11-17(20)5-6-18(16)21)23-12-15(2)14-26-9-7-25(3)8-10-26/h5-6,11,15H,4,7-10,12-14H2,1-3H3,(H2,22,23,24). The fourth-order valence-electron chi connectivity index (χ4n) is 2.98. The molecule has 0 amide bonds. The monoisotopic (exact) mass is 367 g/mol. The molecule has 0 spiro atoms. The van der Waals surface area contributed by atoms with Gasteiger partial charge in [0, 0.05) is 51.4 Å². The number of piperazine rings is 1. The van der Waals surface area contributed by atoms with Crippen LogP contribution in [0.2, 0.25) is 0 Å². The zero-order chi connectivity index (χ0) is 18.9. The summed E-state index contributed by atoms with van der Waals surface area (Å²) < 4.78 is 27.0. The summed E-state index contributed by atoms with van der Waals surface area (Å²) in [6.45, 7) is 11.3. The molecule has 1 heterocycles. The largest absolute Gasteiger partial charge is 0.357 e. The number of rotatable bonds is 7. The lowest BCUT2D eigenvalue weighted by atomic mass is 10.1. The first-order valence-electron chi connectivity index (χ1n) is 9.35. The third-order valence-electron chi connectivity index (χ3n) is 4.54. The lowest BCUT2D eigenvalue weighted by Gasteiger charge is -2.34. The minimum Gasteiger partial charge on any atom is -0.357 e. The summed E-state index contributed by atoms with van der Waals surface area (Å²) >= 11 is 0. The molecule has 0 aromatic heterocycles. The maximum Gasteiger partial charge on any atom is 0.191 e. The Morgan fingerprint density at radius 1 is 1.19 bits per heavy atom. The Morgan fingerprint density at radius 3 is 2.62 bits per heavy atom. The highest BCUT2D eigenvalue weighted by molar-refractivity contribution is 5.79. The molecule has 0 radical (unpaired) electrons. The van der Waals surface area contributed by atoms with E-state index in [4.69, 9.17) is 0 Å². The quantitative estimate of drug-likeness (QED) is 0.571. The first kappa shape index (κ1) is 20.6.